The Bertz CT molecular complexity index is 462. The molecule has 1 atom stereocenters. The number of anilines is 1. The number of hydrogen-bond acceptors (Lipinski definition) is 3. The minimum absolute atomic E-state index is 0.0251. The van der Waals surface area contributed by atoms with Gasteiger partial charge in [-0.1, -0.05) is 12.1 Å². The zero-order chi connectivity index (χ0) is 14.4. The maximum Gasteiger partial charge on any atom is 0.326 e. The molecule has 1 rings (SSSR count). The highest BCUT2D eigenvalue weighted by Crippen LogP contribution is 2.14. The number of nitrogens with one attached hydrogen (secondary N) is 1. The fourth-order valence-corrected chi connectivity index (χ4v) is 1.59. The Morgan fingerprint density at radius 2 is 2.11 bits per heavy atom. The summed E-state index contributed by atoms with van der Waals surface area (Å²) >= 11 is 0. The standard InChI is InChI=1S/C13H18N2O4/c1-9-4-3-5-10(8-9)15(2)13(19)14-11(6-7-16)12(17)18/h3-5,8,11,16H,6-7H2,1-2H3,(H,14,19)(H,17,18). The number of aryl methyl sites for hydroxylation is 1. The van der Waals surface area contributed by atoms with Crippen LogP contribution in [0.4, 0.5) is 10.5 Å². The van der Waals surface area contributed by atoms with Crippen LogP contribution in [0.25, 0.3) is 0 Å². The summed E-state index contributed by atoms with van der Waals surface area (Å²) in [7, 11) is 1.56. The third kappa shape index (κ3) is 4.26. The second-order valence-corrected chi connectivity index (χ2v) is 4.25. The normalized spacial score (nSPS) is 11.7. The summed E-state index contributed by atoms with van der Waals surface area (Å²) in [5.41, 5.74) is 1.67. The average molecular weight is 266 g/mol. The smallest absolute Gasteiger partial charge is 0.326 e. The van der Waals surface area contributed by atoms with Gasteiger partial charge >= 0.3 is 12.0 Å². The number of carboxylic acids is 1. The molecule has 3 N–H and O–H groups in total. The van der Waals surface area contributed by atoms with Crippen molar-refractivity contribution in [1.82, 2.24) is 5.32 Å². The first-order valence-corrected chi connectivity index (χ1v) is 5.90. The molecular formula is C13H18N2O4. The molecule has 0 spiro atoms. The average Bonchev–Trinajstić information content (AvgIpc) is 2.37. The lowest BCUT2D eigenvalue weighted by molar-refractivity contribution is -0.139. The summed E-state index contributed by atoms with van der Waals surface area (Å²) in [6, 6.07) is 5.68. The number of rotatable bonds is 5. The van der Waals surface area contributed by atoms with E-state index in [0.29, 0.717) is 5.69 Å². The number of hydrogen-bond donors (Lipinski definition) is 3. The van der Waals surface area contributed by atoms with Crippen LogP contribution in [0.3, 0.4) is 0 Å². The number of urea groups is 1. The molecule has 6 heteroatoms. The van der Waals surface area contributed by atoms with Crippen molar-refractivity contribution in [2.75, 3.05) is 18.6 Å². The summed E-state index contributed by atoms with van der Waals surface area (Å²) in [6.07, 6.45) is -0.0251. The zero-order valence-electron chi connectivity index (χ0n) is 11.0. The monoisotopic (exact) mass is 266 g/mol. The molecule has 2 amide bonds. The first-order valence-electron chi connectivity index (χ1n) is 5.90. The van der Waals surface area contributed by atoms with E-state index in [2.05, 4.69) is 5.32 Å². The van der Waals surface area contributed by atoms with E-state index < -0.39 is 18.0 Å². The molecule has 1 unspecified atom stereocenters. The third-order valence-corrected chi connectivity index (χ3v) is 2.71. The van der Waals surface area contributed by atoms with Crippen LogP contribution in [0.15, 0.2) is 24.3 Å². The van der Waals surface area contributed by atoms with Crippen molar-refractivity contribution in [3.8, 4) is 0 Å². The number of carbonyl (C=O) groups excluding carboxylic acids is 1. The molecule has 0 heterocycles. The molecule has 19 heavy (non-hydrogen) atoms. The van der Waals surface area contributed by atoms with E-state index in [9.17, 15) is 9.59 Å². The molecule has 0 aromatic heterocycles. The molecule has 0 radical (unpaired) electrons. The Kier molecular flexibility index (Phi) is 5.32. The van der Waals surface area contributed by atoms with Gasteiger partial charge in [-0.3, -0.25) is 4.90 Å². The fraction of sp³-hybridized carbons (Fsp3) is 0.385. The van der Waals surface area contributed by atoms with Gasteiger partial charge in [-0.25, -0.2) is 9.59 Å². The quantitative estimate of drug-likeness (QED) is 0.741. The number of aliphatic hydroxyl groups is 1. The van der Waals surface area contributed by atoms with Crippen molar-refractivity contribution in [2.24, 2.45) is 0 Å². The molecule has 6 nitrogen and oxygen atoms in total. The lowest BCUT2D eigenvalue weighted by Gasteiger charge is -2.21. The van der Waals surface area contributed by atoms with Gasteiger partial charge in [-0.2, -0.15) is 0 Å². The van der Waals surface area contributed by atoms with Crippen molar-refractivity contribution in [3.05, 3.63) is 29.8 Å². The van der Waals surface area contributed by atoms with Crippen LogP contribution in [0.1, 0.15) is 12.0 Å². The Morgan fingerprint density at radius 1 is 1.42 bits per heavy atom. The second kappa shape index (κ2) is 6.75. The third-order valence-electron chi connectivity index (χ3n) is 2.71. The molecule has 1 aromatic rings. The predicted octanol–water partition coefficient (Wildman–Crippen LogP) is 0.976. The van der Waals surface area contributed by atoms with Crippen molar-refractivity contribution < 1.29 is 19.8 Å². The number of amides is 2. The number of aliphatic carboxylic acids is 1. The Morgan fingerprint density at radius 3 is 2.63 bits per heavy atom. The molecule has 0 bridgehead atoms. The van der Waals surface area contributed by atoms with Crippen molar-refractivity contribution in [2.45, 2.75) is 19.4 Å². The molecule has 0 aliphatic heterocycles. The van der Waals surface area contributed by atoms with Crippen LogP contribution in [0.5, 0.6) is 0 Å². The lowest BCUT2D eigenvalue weighted by Crippen LogP contribution is -2.47. The lowest BCUT2D eigenvalue weighted by atomic mass is 10.2. The topological polar surface area (TPSA) is 89.9 Å². The number of nitrogens with zero attached hydrogens (tertiary/aromatic N) is 1. The van der Waals surface area contributed by atoms with Crippen molar-refractivity contribution in [1.29, 1.82) is 0 Å². The van der Waals surface area contributed by atoms with Crippen LogP contribution >= 0.6 is 0 Å². The van der Waals surface area contributed by atoms with Gasteiger partial charge in [0.1, 0.15) is 6.04 Å². The maximum absolute atomic E-state index is 11.9. The van der Waals surface area contributed by atoms with Gasteiger partial charge in [0.05, 0.1) is 0 Å². The SMILES string of the molecule is Cc1cccc(N(C)C(=O)NC(CCO)C(=O)O)c1. The molecule has 0 aliphatic carbocycles. The van der Waals surface area contributed by atoms with Gasteiger partial charge in [0, 0.05) is 25.8 Å². The Balaban J connectivity index is 2.74. The highest BCUT2D eigenvalue weighted by Gasteiger charge is 2.21. The highest BCUT2D eigenvalue weighted by atomic mass is 16.4. The number of carbonyl (C=O) groups is 2. The van der Waals surface area contributed by atoms with Gasteiger partial charge in [-0.05, 0) is 24.6 Å². The summed E-state index contributed by atoms with van der Waals surface area (Å²) in [5, 5.41) is 20.0. The second-order valence-electron chi connectivity index (χ2n) is 4.25. The van der Waals surface area contributed by atoms with Crippen molar-refractivity contribution in [3.63, 3.8) is 0 Å². The zero-order valence-corrected chi connectivity index (χ0v) is 11.0. The van der Waals surface area contributed by atoms with E-state index in [1.165, 1.54) is 4.90 Å². The van der Waals surface area contributed by atoms with Gasteiger partial charge in [0.25, 0.3) is 0 Å². The van der Waals surface area contributed by atoms with Crippen LogP contribution < -0.4 is 10.2 Å². The fourth-order valence-electron chi connectivity index (χ4n) is 1.59. The van der Waals surface area contributed by atoms with Crippen LogP contribution in [0.2, 0.25) is 0 Å². The van der Waals surface area contributed by atoms with E-state index in [1.54, 1.807) is 13.1 Å². The van der Waals surface area contributed by atoms with Crippen molar-refractivity contribution >= 4 is 17.7 Å². The van der Waals surface area contributed by atoms with E-state index in [0.717, 1.165) is 5.56 Å². The summed E-state index contributed by atoms with van der Waals surface area (Å²) in [4.78, 5) is 24.1. The van der Waals surface area contributed by atoms with Crippen LogP contribution in [-0.2, 0) is 4.79 Å². The van der Waals surface area contributed by atoms with Crippen LogP contribution in [-0.4, -0.2) is 41.9 Å². The molecular weight excluding hydrogens is 248 g/mol. The first kappa shape index (κ1) is 15.0. The summed E-state index contributed by atoms with van der Waals surface area (Å²) < 4.78 is 0. The van der Waals surface area contributed by atoms with E-state index >= 15 is 0 Å². The van der Waals surface area contributed by atoms with Gasteiger partial charge < -0.3 is 15.5 Å². The number of benzene rings is 1. The molecule has 1 aromatic carbocycles. The van der Waals surface area contributed by atoms with E-state index in [-0.39, 0.29) is 13.0 Å². The van der Waals surface area contributed by atoms with Gasteiger partial charge in [0.2, 0.25) is 0 Å². The maximum atomic E-state index is 11.9. The van der Waals surface area contributed by atoms with Crippen LogP contribution in [0, 0.1) is 6.92 Å². The van der Waals surface area contributed by atoms with Gasteiger partial charge in [-0.15, -0.1) is 0 Å². The largest absolute Gasteiger partial charge is 0.480 e. The van der Waals surface area contributed by atoms with E-state index in [4.69, 9.17) is 10.2 Å². The summed E-state index contributed by atoms with van der Waals surface area (Å²) in [6.45, 7) is 1.60. The molecule has 0 saturated carbocycles. The Hall–Kier alpha value is -2.08. The summed E-state index contributed by atoms with van der Waals surface area (Å²) in [5.74, 6) is -1.17. The predicted molar refractivity (Wildman–Crippen MR) is 71.2 cm³/mol. The molecule has 0 fully saturated rings. The van der Waals surface area contributed by atoms with Gasteiger partial charge in [0.15, 0.2) is 0 Å². The van der Waals surface area contributed by atoms with E-state index in [1.807, 2.05) is 25.1 Å². The number of carboxylic acid groups (broad SMARTS) is 1. The first-order chi connectivity index (χ1) is 8.95. The molecule has 104 valence electrons. The highest BCUT2D eigenvalue weighted by molar-refractivity contribution is 5.94. The number of aliphatic hydroxyl groups excluding tert-OH is 1. The molecule has 0 saturated heterocycles. The minimum atomic E-state index is -1.17. The molecule has 0 aliphatic rings. The Labute approximate surface area is 111 Å². The minimum Gasteiger partial charge on any atom is -0.480 e.